The number of aromatic nitrogens is 2. The van der Waals surface area contributed by atoms with Gasteiger partial charge < -0.3 is 10.6 Å². The predicted molar refractivity (Wildman–Crippen MR) is 67.4 cm³/mol. The lowest BCUT2D eigenvalue weighted by molar-refractivity contribution is 0.308. The van der Waals surface area contributed by atoms with Crippen LogP contribution < -0.4 is 5.73 Å². The lowest BCUT2D eigenvalue weighted by Gasteiger charge is -2.19. The van der Waals surface area contributed by atoms with E-state index in [1.54, 1.807) is 0 Å². The van der Waals surface area contributed by atoms with Crippen LogP contribution in [-0.2, 0) is 13.1 Å². The molecule has 4 heteroatoms. The van der Waals surface area contributed by atoms with Crippen molar-refractivity contribution < 1.29 is 0 Å². The first-order valence-electron chi connectivity index (χ1n) is 5.92. The molecule has 1 atom stereocenters. The van der Waals surface area contributed by atoms with Gasteiger partial charge >= 0.3 is 0 Å². The summed E-state index contributed by atoms with van der Waals surface area (Å²) >= 11 is 0. The van der Waals surface area contributed by atoms with Crippen molar-refractivity contribution in [1.82, 2.24) is 14.7 Å². The zero-order valence-corrected chi connectivity index (χ0v) is 11.1. The Morgan fingerprint density at radius 3 is 2.50 bits per heavy atom. The maximum Gasteiger partial charge on any atom is 0.0641 e. The summed E-state index contributed by atoms with van der Waals surface area (Å²) in [6.45, 7) is 11.1. The average Bonchev–Trinajstić information content (AvgIpc) is 2.44. The molecule has 16 heavy (non-hydrogen) atoms. The van der Waals surface area contributed by atoms with E-state index in [4.69, 9.17) is 5.73 Å². The monoisotopic (exact) mass is 224 g/mol. The van der Waals surface area contributed by atoms with Crippen molar-refractivity contribution in [1.29, 1.82) is 0 Å². The Labute approximate surface area is 98.4 Å². The minimum atomic E-state index is 0.215. The maximum absolute atomic E-state index is 5.79. The van der Waals surface area contributed by atoms with Crippen LogP contribution in [0.25, 0.3) is 0 Å². The second-order valence-corrected chi connectivity index (χ2v) is 4.64. The molecule has 1 aromatic rings. The molecule has 1 aromatic heterocycles. The summed E-state index contributed by atoms with van der Waals surface area (Å²) in [5.74, 6) is 0. The molecule has 0 radical (unpaired) electrons. The van der Waals surface area contributed by atoms with Gasteiger partial charge in [0.1, 0.15) is 0 Å². The number of hydrogen-bond acceptors (Lipinski definition) is 3. The summed E-state index contributed by atoms with van der Waals surface area (Å²) in [7, 11) is 2.10. The van der Waals surface area contributed by atoms with Crippen molar-refractivity contribution >= 4 is 0 Å². The molecular formula is C12H24N4. The van der Waals surface area contributed by atoms with Crippen LogP contribution in [0.4, 0.5) is 0 Å². The largest absolute Gasteiger partial charge is 0.327 e. The summed E-state index contributed by atoms with van der Waals surface area (Å²) in [4.78, 5) is 2.25. The molecule has 0 aliphatic rings. The van der Waals surface area contributed by atoms with E-state index in [1.807, 2.05) is 6.92 Å². The smallest absolute Gasteiger partial charge is 0.0641 e. The molecule has 2 N–H and O–H groups in total. The van der Waals surface area contributed by atoms with Gasteiger partial charge in [-0.3, -0.25) is 4.68 Å². The number of nitrogens with zero attached hydrogens (tertiary/aromatic N) is 3. The van der Waals surface area contributed by atoms with Gasteiger partial charge in [0.05, 0.1) is 5.69 Å². The van der Waals surface area contributed by atoms with E-state index in [9.17, 15) is 0 Å². The summed E-state index contributed by atoms with van der Waals surface area (Å²) in [5.41, 5.74) is 9.54. The van der Waals surface area contributed by atoms with Crippen LogP contribution in [0.3, 0.4) is 0 Å². The van der Waals surface area contributed by atoms with E-state index in [-0.39, 0.29) is 6.04 Å². The van der Waals surface area contributed by atoms with Crippen LogP contribution in [-0.4, -0.2) is 34.3 Å². The van der Waals surface area contributed by atoms with Crippen molar-refractivity contribution in [3.63, 3.8) is 0 Å². The molecule has 0 aliphatic carbocycles. The lowest BCUT2D eigenvalue weighted by atomic mass is 10.2. The second-order valence-electron chi connectivity index (χ2n) is 4.64. The van der Waals surface area contributed by atoms with Crippen LogP contribution >= 0.6 is 0 Å². The third-order valence-corrected chi connectivity index (χ3v) is 2.86. The highest BCUT2D eigenvalue weighted by Gasteiger charge is 2.12. The first-order valence-corrected chi connectivity index (χ1v) is 5.92. The molecule has 1 heterocycles. The van der Waals surface area contributed by atoms with Crippen LogP contribution in [0.2, 0.25) is 0 Å². The summed E-state index contributed by atoms with van der Waals surface area (Å²) in [6.07, 6.45) is 0. The van der Waals surface area contributed by atoms with Crippen LogP contribution in [0.1, 0.15) is 30.8 Å². The molecule has 0 fully saturated rings. The fourth-order valence-electron chi connectivity index (χ4n) is 2.10. The van der Waals surface area contributed by atoms with E-state index in [2.05, 4.69) is 42.5 Å². The van der Waals surface area contributed by atoms with Gasteiger partial charge in [0.15, 0.2) is 0 Å². The van der Waals surface area contributed by atoms with Gasteiger partial charge in [-0.05, 0) is 34.7 Å². The standard InChI is InChI=1S/C12H24N4/c1-6-16-11(4)12(10(3)14-16)8-15(5)7-9(2)13/h9H,6-8,13H2,1-5H3/t9-/m1/s1. The Morgan fingerprint density at radius 2 is 2.06 bits per heavy atom. The SMILES string of the molecule is CCn1nc(C)c(CN(C)C[C@@H](C)N)c1C. The molecule has 1 rings (SSSR count). The van der Waals surface area contributed by atoms with Crippen molar-refractivity contribution in [2.24, 2.45) is 5.73 Å². The normalized spacial score (nSPS) is 13.4. The maximum atomic E-state index is 5.79. The van der Waals surface area contributed by atoms with Gasteiger partial charge in [-0.1, -0.05) is 0 Å². The Bertz CT molecular complexity index is 341. The third-order valence-electron chi connectivity index (χ3n) is 2.86. The number of hydrogen-bond donors (Lipinski definition) is 1. The van der Waals surface area contributed by atoms with Crippen molar-refractivity contribution in [3.05, 3.63) is 17.0 Å². The number of aryl methyl sites for hydroxylation is 2. The Hall–Kier alpha value is -0.870. The van der Waals surface area contributed by atoms with Crippen LogP contribution in [0.15, 0.2) is 0 Å². The predicted octanol–water partition coefficient (Wildman–Crippen LogP) is 1.30. The molecule has 0 aromatic carbocycles. The number of likely N-dealkylation sites (N-methyl/N-ethyl adjacent to an activating group) is 1. The fraction of sp³-hybridized carbons (Fsp3) is 0.750. The average molecular weight is 224 g/mol. The molecular weight excluding hydrogens is 200 g/mol. The molecule has 0 bridgehead atoms. The Morgan fingerprint density at radius 1 is 1.44 bits per heavy atom. The van der Waals surface area contributed by atoms with Gasteiger partial charge in [-0.2, -0.15) is 5.10 Å². The molecule has 4 nitrogen and oxygen atoms in total. The zero-order chi connectivity index (χ0) is 12.3. The summed E-state index contributed by atoms with van der Waals surface area (Å²) < 4.78 is 2.06. The van der Waals surface area contributed by atoms with Gasteiger partial charge in [-0.15, -0.1) is 0 Å². The first kappa shape index (κ1) is 13.2. The summed E-state index contributed by atoms with van der Waals surface area (Å²) in [5, 5.41) is 4.52. The van der Waals surface area contributed by atoms with E-state index in [0.29, 0.717) is 0 Å². The Kier molecular flexibility index (Phi) is 4.50. The van der Waals surface area contributed by atoms with Gasteiger partial charge in [0.2, 0.25) is 0 Å². The van der Waals surface area contributed by atoms with E-state index in [1.165, 1.54) is 11.3 Å². The number of nitrogens with two attached hydrogens (primary N) is 1. The highest BCUT2D eigenvalue weighted by atomic mass is 15.3. The zero-order valence-electron chi connectivity index (χ0n) is 11.1. The molecule has 0 amide bonds. The minimum absolute atomic E-state index is 0.215. The van der Waals surface area contributed by atoms with Crippen LogP contribution in [0.5, 0.6) is 0 Å². The number of rotatable bonds is 5. The lowest BCUT2D eigenvalue weighted by Crippen LogP contribution is -2.32. The van der Waals surface area contributed by atoms with Crippen molar-refractivity contribution in [3.8, 4) is 0 Å². The molecule has 0 spiro atoms. The van der Waals surface area contributed by atoms with E-state index >= 15 is 0 Å². The minimum Gasteiger partial charge on any atom is -0.327 e. The Balaban J connectivity index is 2.76. The molecule has 92 valence electrons. The highest BCUT2D eigenvalue weighted by Crippen LogP contribution is 2.14. The second kappa shape index (κ2) is 5.46. The molecule has 0 saturated carbocycles. The van der Waals surface area contributed by atoms with Crippen molar-refractivity contribution in [2.45, 2.75) is 46.8 Å². The molecule has 0 unspecified atom stereocenters. The van der Waals surface area contributed by atoms with Gasteiger partial charge in [0, 0.05) is 36.9 Å². The first-order chi connectivity index (χ1) is 7.45. The molecule has 0 aliphatic heterocycles. The molecule has 0 saturated heterocycles. The third kappa shape index (κ3) is 3.06. The van der Waals surface area contributed by atoms with Gasteiger partial charge in [-0.25, -0.2) is 0 Å². The quantitative estimate of drug-likeness (QED) is 0.820. The topological polar surface area (TPSA) is 47.1 Å². The van der Waals surface area contributed by atoms with Gasteiger partial charge in [0.25, 0.3) is 0 Å². The summed E-state index contributed by atoms with van der Waals surface area (Å²) in [6, 6.07) is 0.215. The fourth-order valence-corrected chi connectivity index (χ4v) is 2.10. The van der Waals surface area contributed by atoms with Crippen molar-refractivity contribution in [2.75, 3.05) is 13.6 Å². The van der Waals surface area contributed by atoms with E-state index in [0.717, 1.165) is 25.3 Å². The van der Waals surface area contributed by atoms with Crippen LogP contribution in [0, 0.1) is 13.8 Å². The van der Waals surface area contributed by atoms with E-state index < -0.39 is 0 Å². The highest BCUT2D eigenvalue weighted by molar-refractivity contribution is 5.24.